The van der Waals surface area contributed by atoms with Crippen LogP contribution in [0.5, 0.6) is 0 Å². The standard InChI is InChI=1S/C16H15FN4O4S/c1-18-16(23)14-12-7-13(22)11(20-26(2,24)25)8-21(12)19-15(14)9-3-5-10(17)6-4-9/h3-8,19-20H,1-2H3,(H,18,23). The number of nitrogens with one attached hydrogen (secondary N) is 3. The first kappa shape index (κ1) is 17.7. The van der Waals surface area contributed by atoms with Gasteiger partial charge in [-0.3, -0.25) is 23.9 Å². The van der Waals surface area contributed by atoms with Gasteiger partial charge in [-0.2, -0.15) is 0 Å². The lowest BCUT2D eigenvalue weighted by Crippen LogP contribution is -2.20. The molecule has 2 heterocycles. The van der Waals surface area contributed by atoms with Crippen LogP contribution in [-0.2, 0) is 10.0 Å². The molecule has 0 saturated carbocycles. The number of H-pyrrole nitrogens is 1. The zero-order valence-corrected chi connectivity index (χ0v) is 14.6. The van der Waals surface area contributed by atoms with E-state index in [9.17, 15) is 22.4 Å². The lowest BCUT2D eigenvalue weighted by atomic mass is 10.1. The molecule has 0 atom stereocenters. The second-order valence-corrected chi connectivity index (χ2v) is 7.38. The molecule has 2 aromatic heterocycles. The molecule has 26 heavy (non-hydrogen) atoms. The monoisotopic (exact) mass is 378 g/mol. The van der Waals surface area contributed by atoms with Crippen LogP contribution in [-0.4, -0.2) is 37.2 Å². The van der Waals surface area contributed by atoms with Crippen LogP contribution in [0.3, 0.4) is 0 Å². The number of hydrogen-bond acceptors (Lipinski definition) is 4. The van der Waals surface area contributed by atoms with Crippen molar-refractivity contribution in [1.29, 1.82) is 0 Å². The van der Waals surface area contributed by atoms with E-state index in [2.05, 4.69) is 15.1 Å². The molecule has 0 fully saturated rings. The molecule has 1 aromatic carbocycles. The third kappa shape index (κ3) is 3.31. The van der Waals surface area contributed by atoms with Crippen LogP contribution in [0, 0.1) is 5.82 Å². The highest BCUT2D eigenvalue weighted by Gasteiger charge is 2.20. The summed E-state index contributed by atoms with van der Waals surface area (Å²) < 4.78 is 39.5. The van der Waals surface area contributed by atoms with Gasteiger partial charge in [0.25, 0.3) is 5.91 Å². The summed E-state index contributed by atoms with van der Waals surface area (Å²) in [6, 6.07) is 6.62. The Labute approximate surface area is 147 Å². The molecule has 1 amide bonds. The number of halogens is 1. The summed E-state index contributed by atoms with van der Waals surface area (Å²) in [6.07, 6.45) is 2.17. The Balaban J connectivity index is 2.29. The van der Waals surface area contributed by atoms with Crippen molar-refractivity contribution in [2.24, 2.45) is 0 Å². The summed E-state index contributed by atoms with van der Waals surface area (Å²) in [6.45, 7) is 0. The predicted molar refractivity (Wildman–Crippen MR) is 95.3 cm³/mol. The van der Waals surface area contributed by atoms with Gasteiger partial charge in [-0.15, -0.1) is 0 Å². The van der Waals surface area contributed by atoms with Gasteiger partial charge in [-0.25, -0.2) is 12.8 Å². The Kier molecular flexibility index (Phi) is 4.28. The molecule has 3 rings (SSSR count). The first-order chi connectivity index (χ1) is 12.2. The van der Waals surface area contributed by atoms with Gasteiger partial charge < -0.3 is 5.32 Å². The molecule has 3 aromatic rings. The maximum Gasteiger partial charge on any atom is 0.255 e. The van der Waals surface area contributed by atoms with E-state index in [0.717, 1.165) is 12.3 Å². The van der Waals surface area contributed by atoms with Crippen LogP contribution in [0.4, 0.5) is 10.1 Å². The van der Waals surface area contributed by atoms with Gasteiger partial charge in [-0.1, -0.05) is 0 Å². The summed E-state index contributed by atoms with van der Waals surface area (Å²) in [5.74, 6) is -0.883. The van der Waals surface area contributed by atoms with Crippen molar-refractivity contribution >= 4 is 27.1 Å². The number of hydrogen-bond donors (Lipinski definition) is 3. The van der Waals surface area contributed by atoms with Gasteiger partial charge in [0.1, 0.15) is 11.5 Å². The molecular formula is C16H15FN4O4S. The highest BCUT2D eigenvalue weighted by Crippen LogP contribution is 2.26. The van der Waals surface area contributed by atoms with E-state index < -0.39 is 27.2 Å². The predicted octanol–water partition coefficient (Wildman–Crippen LogP) is 1.16. The van der Waals surface area contributed by atoms with Crippen molar-refractivity contribution in [2.75, 3.05) is 18.0 Å². The Hall–Kier alpha value is -3.14. The van der Waals surface area contributed by atoms with E-state index in [1.807, 2.05) is 0 Å². The fourth-order valence-corrected chi connectivity index (χ4v) is 3.13. The first-order valence-corrected chi connectivity index (χ1v) is 9.33. The number of carbonyl (C=O) groups is 1. The van der Waals surface area contributed by atoms with E-state index in [0.29, 0.717) is 11.3 Å². The number of benzene rings is 1. The van der Waals surface area contributed by atoms with E-state index >= 15 is 0 Å². The van der Waals surface area contributed by atoms with Gasteiger partial charge in [-0.05, 0) is 24.3 Å². The van der Waals surface area contributed by atoms with Crippen LogP contribution in [0.1, 0.15) is 10.4 Å². The summed E-state index contributed by atoms with van der Waals surface area (Å²) in [5, 5.41) is 5.42. The van der Waals surface area contributed by atoms with Crippen molar-refractivity contribution < 1.29 is 17.6 Å². The average molecular weight is 378 g/mol. The summed E-state index contributed by atoms with van der Waals surface area (Å²) >= 11 is 0. The molecule has 0 saturated heterocycles. The second kappa shape index (κ2) is 6.30. The van der Waals surface area contributed by atoms with Crippen molar-refractivity contribution in [3.8, 4) is 11.3 Å². The zero-order chi connectivity index (χ0) is 19.1. The van der Waals surface area contributed by atoms with Crippen LogP contribution in [0.2, 0.25) is 0 Å². The Bertz CT molecular complexity index is 1160. The molecule has 0 unspecified atom stereocenters. The molecule has 8 nitrogen and oxygen atoms in total. The maximum atomic E-state index is 13.2. The van der Waals surface area contributed by atoms with Gasteiger partial charge in [0, 0.05) is 18.7 Å². The number of rotatable bonds is 4. The lowest BCUT2D eigenvalue weighted by molar-refractivity contribution is 0.0965. The fourth-order valence-electron chi connectivity index (χ4n) is 2.58. The van der Waals surface area contributed by atoms with Crippen LogP contribution >= 0.6 is 0 Å². The Morgan fingerprint density at radius 2 is 1.88 bits per heavy atom. The van der Waals surface area contributed by atoms with Crippen molar-refractivity contribution in [1.82, 2.24) is 14.9 Å². The minimum atomic E-state index is -3.65. The summed E-state index contributed by atoms with van der Waals surface area (Å²) in [5.41, 5.74) is 0.569. The first-order valence-electron chi connectivity index (χ1n) is 7.44. The molecule has 136 valence electrons. The number of amides is 1. The van der Waals surface area contributed by atoms with Gasteiger partial charge in [0.15, 0.2) is 0 Å². The Morgan fingerprint density at radius 1 is 1.23 bits per heavy atom. The Morgan fingerprint density at radius 3 is 2.46 bits per heavy atom. The van der Waals surface area contributed by atoms with Crippen LogP contribution in [0.25, 0.3) is 16.8 Å². The largest absolute Gasteiger partial charge is 0.355 e. The van der Waals surface area contributed by atoms with Gasteiger partial charge in [0.2, 0.25) is 15.5 Å². The van der Waals surface area contributed by atoms with E-state index in [4.69, 9.17) is 0 Å². The fraction of sp³-hybridized carbons (Fsp3) is 0.125. The smallest absolute Gasteiger partial charge is 0.255 e. The minimum absolute atomic E-state index is 0.166. The lowest BCUT2D eigenvalue weighted by Gasteiger charge is -2.04. The van der Waals surface area contributed by atoms with Crippen molar-refractivity contribution in [3.05, 3.63) is 58.1 Å². The SMILES string of the molecule is CNC(=O)c1c(-c2ccc(F)cc2)[nH]n2cc(NS(C)(=O)=O)c(=O)cc12. The second-order valence-electron chi connectivity index (χ2n) is 5.63. The molecule has 0 aliphatic heterocycles. The third-order valence-corrected chi connectivity index (χ3v) is 4.26. The van der Waals surface area contributed by atoms with Gasteiger partial charge in [0.05, 0.1) is 29.2 Å². The molecule has 0 radical (unpaired) electrons. The molecule has 10 heteroatoms. The van der Waals surface area contributed by atoms with Crippen LogP contribution < -0.4 is 15.5 Å². The quantitative estimate of drug-likeness (QED) is 0.632. The molecule has 0 aliphatic carbocycles. The topological polar surface area (TPSA) is 113 Å². The summed E-state index contributed by atoms with van der Waals surface area (Å²) in [4.78, 5) is 24.6. The third-order valence-electron chi connectivity index (χ3n) is 3.67. The highest BCUT2D eigenvalue weighted by molar-refractivity contribution is 7.92. The number of pyridine rings is 1. The van der Waals surface area contributed by atoms with Crippen LogP contribution in [0.15, 0.2) is 41.3 Å². The number of fused-ring (bicyclic) bond motifs is 1. The molecule has 0 bridgehead atoms. The maximum absolute atomic E-state index is 13.2. The number of anilines is 1. The number of sulfonamides is 1. The number of aromatic nitrogens is 2. The van der Waals surface area contributed by atoms with Gasteiger partial charge >= 0.3 is 0 Å². The van der Waals surface area contributed by atoms with E-state index in [1.165, 1.54) is 42.0 Å². The number of carbonyl (C=O) groups excluding carboxylic acids is 1. The molecule has 3 N–H and O–H groups in total. The number of nitrogens with zero attached hydrogens (tertiary/aromatic N) is 1. The minimum Gasteiger partial charge on any atom is -0.355 e. The average Bonchev–Trinajstić information content (AvgIpc) is 2.92. The molecule has 0 aliphatic rings. The van der Waals surface area contributed by atoms with Crippen molar-refractivity contribution in [2.45, 2.75) is 0 Å². The molecular weight excluding hydrogens is 363 g/mol. The summed E-state index contributed by atoms with van der Waals surface area (Å²) in [7, 11) is -2.21. The normalized spacial score (nSPS) is 11.5. The zero-order valence-electron chi connectivity index (χ0n) is 13.8. The van der Waals surface area contributed by atoms with E-state index in [1.54, 1.807) is 0 Å². The highest BCUT2D eigenvalue weighted by atomic mass is 32.2. The molecule has 0 spiro atoms. The van der Waals surface area contributed by atoms with Crippen molar-refractivity contribution in [3.63, 3.8) is 0 Å². The number of aromatic amines is 1. The van der Waals surface area contributed by atoms with E-state index in [-0.39, 0.29) is 16.8 Å².